The molecule has 0 bridgehead atoms. The molecule has 12 nitrogen and oxygen atoms in total. The van der Waals surface area contributed by atoms with Crippen molar-refractivity contribution in [1.82, 2.24) is 19.6 Å². The summed E-state index contributed by atoms with van der Waals surface area (Å²) in [6.07, 6.45) is 5.96. The van der Waals surface area contributed by atoms with Crippen LogP contribution in [0.2, 0.25) is 0 Å². The van der Waals surface area contributed by atoms with E-state index in [0.717, 1.165) is 0 Å². The Bertz CT molecular complexity index is 863. The highest BCUT2D eigenvalue weighted by atomic mass is 16.7. The third kappa shape index (κ3) is 6.23. The number of ether oxygens (including phenoxy) is 4. The molecule has 2 aliphatic rings. The molecule has 4 heterocycles. The van der Waals surface area contributed by atoms with Crippen molar-refractivity contribution in [2.24, 2.45) is 0 Å². The average molecular weight is 424 g/mol. The highest BCUT2D eigenvalue weighted by molar-refractivity contribution is 5.30. The lowest BCUT2D eigenvalue weighted by molar-refractivity contribution is -0.385. The van der Waals surface area contributed by atoms with E-state index < -0.39 is 16.5 Å². The van der Waals surface area contributed by atoms with Gasteiger partial charge < -0.3 is 24.7 Å². The molecule has 0 saturated carbocycles. The zero-order chi connectivity index (χ0) is 21.9. The van der Waals surface area contributed by atoms with Crippen LogP contribution >= 0.6 is 0 Å². The molecule has 0 aliphatic carbocycles. The van der Waals surface area contributed by atoms with Crippen molar-refractivity contribution in [3.63, 3.8) is 0 Å². The molecule has 30 heavy (non-hydrogen) atoms. The van der Waals surface area contributed by atoms with E-state index in [-0.39, 0.29) is 17.9 Å². The van der Waals surface area contributed by atoms with Crippen LogP contribution in [-0.4, -0.2) is 61.5 Å². The topological polar surface area (TPSA) is 142 Å². The Morgan fingerprint density at radius 3 is 1.90 bits per heavy atom. The van der Waals surface area contributed by atoms with Gasteiger partial charge in [0.2, 0.25) is 0 Å². The van der Waals surface area contributed by atoms with Crippen LogP contribution in [0.25, 0.3) is 0 Å². The van der Waals surface area contributed by atoms with Crippen molar-refractivity contribution < 1.29 is 23.9 Å². The molecular weight excluding hydrogens is 396 g/mol. The van der Waals surface area contributed by atoms with Crippen LogP contribution in [0.3, 0.4) is 0 Å². The SMILES string of the molecule is CC1(C)OCC(Cn2cc(N)cn2)O1.CC1(C)OCC(Cn2cc([N+](=O)[O-])cn2)O1. The Balaban J connectivity index is 0.000000172. The van der Waals surface area contributed by atoms with Gasteiger partial charge in [0, 0.05) is 6.20 Å². The molecule has 0 amide bonds. The Hall–Kier alpha value is -2.54. The van der Waals surface area contributed by atoms with Gasteiger partial charge in [-0.15, -0.1) is 0 Å². The molecule has 2 aromatic heterocycles. The van der Waals surface area contributed by atoms with Gasteiger partial charge in [0.05, 0.1) is 43.1 Å². The fraction of sp³-hybridized carbons (Fsp3) is 0.667. The molecule has 2 N–H and O–H groups in total. The second-order valence-electron chi connectivity index (χ2n) is 8.07. The van der Waals surface area contributed by atoms with Gasteiger partial charge in [0.25, 0.3) is 0 Å². The standard InChI is InChI=1S/C9H13N3O4.C9H15N3O2/c1-9(2)15-6-8(16-9)5-11-4-7(3-10-11)12(13)14;1-9(2)13-6-8(14-9)5-12-4-7(10)3-11-12/h3-4,8H,5-6H2,1-2H3;3-4,8H,5-6,10H2,1-2H3. The Morgan fingerprint density at radius 2 is 1.53 bits per heavy atom. The number of nitrogens with zero attached hydrogens (tertiary/aromatic N) is 5. The largest absolute Gasteiger partial charge is 0.396 e. The number of nitro groups is 1. The fourth-order valence-corrected chi connectivity index (χ4v) is 3.15. The minimum Gasteiger partial charge on any atom is -0.396 e. The maximum Gasteiger partial charge on any atom is 0.306 e. The van der Waals surface area contributed by atoms with Gasteiger partial charge in [0.1, 0.15) is 24.6 Å². The summed E-state index contributed by atoms with van der Waals surface area (Å²) in [4.78, 5) is 9.98. The zero-order valence-corrected chi connectivity index (χ0v) is 17.6. The molecule has 166 valence electrons. The molecule has 2 aliphatic heterocycles. The number of nitrogen functional groups attached to an aromatic ring is 1. The highest BCUT2D eigenvalue weighted by Gasteiger charge is 2.33. The van der Waals surface area contributed by atoms with Crippen LogP contribution in [0, 0.1) is 10.1 Å². The van der Waals surface area contributed by atoms with E-state index in [1.807, 2.05) is 27.7 Å². The Labute approximate surface area is 174 Å². The number of hydrogen-bond acceptors (Lipinski definition) is 9. The van der Waals surface area contributed by atoms with Gasteiger partial charge >= 0.3 is 5.69 Å². The molecular formula is C18H28N6O6. The first kappa shape index (κ1) is 22.2. The van der Waals surface area contributed by atoms with Gasteiger partial charge in [-0.3, -0.25) is 19.5 Å². The number of nitrogens with two attached hydrogens (primary N) is 1. The van der Waals surface area contributed by atoms with Crippen molar-refractivity contribution in [3.05, 3.63) is 34.9 Å². The fourth-order valence-electron chi connectivity index (χ4n) is 3.15. The second kappa shape index (κ2) is 8.68. The first-order valence-corrected chi connectivity index (χ1v) is 9.60. The zero-order valence-electron chi connectivity index (χ0n) is 17.6. The molecule has 2 aromatic rings. The normalized spacial score (nSPS) is 24.4. The number of aromatic nitrogens is 4. The van der Waals surface area contributed by atoms with Gasteiger partial charge in [-0.2, -0.15) is 10.2 Å². The van der Waals surface area contributed by atoms with Gasteiger partial charge in [0.15, 0.2) is 11.6 Å². The van der Waals surface area contributed by atoms with E-state index in [9.17, 15) is 10.1 Å². The van der Waals surface area contributed by atoms with E-state index in [2.05, 4.69) is 10.2 Å². The third-order valence-corrected chi connectivity index (χ3v) is 4.40. The summed E-state index contributed by atoms with van der Waals surface area (Å²) in [7, 11) is 0. The monoisotopic (exact) mass is 424 g/mol. The van der Waals surface area contributed by atoms with Crippen LogP contribution in [0.4, 0.5) is 11.4 Å². The van der Waals surface area contributed by atoms with E-state index in [1.165, 1.54) is 17.1 Å². The Kier molecular flexibility index (Phi) is 6.41. The summed E-state index contributed by atoms with van der Waals surface area (Å²) < 4.78 is 25.3. The maximum absolute atomic E-state index is 10.5. The average Bonchev–Trinajstić information content (AvgIpc) is 3.39. The molecule has 4 rings (SSSR count). The van der Waals surface area contributed by atoms with Crippen molar-refractivity contribution in [3.8, 4) is 0 Å². The molecule has 0 radical (unpaired) electrons. The van der Waals surface area contributed by atoms with Gasteiger partial charge in [-0.1, -0.05) is 0 Å². The summed E-state index contributed by atoms with van der Waals surface area (Å²) in [5.74, 6) is -1.05. The molecule has 2 unspecified atom stereocenters. The van der Waals surface area contributed by atoms with Crippen LogP contribution in [-0.2, 0) is 32.0 Å². The molecule has 2 fully saturated rings. The smallest absolute Gasteiger partial charge is 0.306 e. The lowest BCUT2D eigenvalue weighted by atomic mass is 10.4. The lowest BCUT2D eigenvalue weighted by Crippen LogP contribution is -2.24. The minimum atomic E-state index is -0.580. The predicted octanol–water partition coefficient (Wildman–Crippen LogP) is 1.56. The summed E-state index contributed by atoms with van der Waals surface area (Å²) in [6.45, 7) is 9.69. The molecule has 0 spiro atoms. The van der Waals surface area contributed by atoms with Crippen LogP contribution in [0.5, 0.6) is 0 Å². The van der Waals surface area contributed by atoms with Gasteiger partial charge in [-0.25, -0.2) is 0 Å². The third-order valence-electron chi connectivity index (χ3n) is 4.40. The lowest BCUT2D eigenvalue weighted by Gasteiger charge is -2.16. The first-order chi connectivity index (χ1) is 14.0. The molecule has 12 heteroatoms. The summed E-state index contributed by atoms with van der Waals surface area (Å²) >= 11 is 0. The quantitative estimate of drug-likeness (QED) is 0.559. The van der Waals surface area contributed by atoms with Crippen LogP contribution < -0.4 is 5.73 Å². The van der Waals surface area contributed by atoms with Crippen molar-refractivity contribution in [1.29, 1.82) is 0 Å². The van der Waals surface area contributed by atoms with E-state index in [4.69, 9.17) is 24.7 Å². The van der Waals surface area contributed by atoms with E-state index >= 15 is 0 Å². The predicted molar refractivity (Wildman–Crippen MR) is 105 cm³/mol. The molecule has 2 atom stereocenters. The van der Waals surface area contributed by atoms with Crippen molar-refractivity contribution in [2.75, 3.05) is 18.9 Å². The summed E-state index contributed by atoms with van der Waals surface area (Å²) in [5.41, 5.74) is 6.20. The molecule has 0 aromatic carbocycles. The van der Waals surface area contributed by atoms with Crippen LogP contribution in [0.15, 0.2) is 24.8 Å². The minimum absolute atomic E-state index is 0.0156. The summed E-state index contributed by atoms with van der Waals surface area (Å²) in [5, 5.41) is 18.4. The van der Waals surface area contributed by atoms with Crippen LogP contribution in [0.1, 0.15) is 27.7 Å². The van der Waals surface area contributed by atoms with E-state index in [1.54, 1.807) is 17.1 Å². The number of hydrogen-bond donors (Lipinski definition) is 1. The highest BCUT2D eigenvalue weighted by Crippen LogP contribution is 2.24. The second-order valence-corrected chi connectivity index (χ2v) is 8.07. The van der Waals surface area contributed by atoms with E-state index in [0.29, 0.717) is 32.0 Å². The summed E-state index contributed by atoms with van der Waals surface area (Å²) in [6, 6.07) is 0. The molecule has 2 saturated heterocycles. The number of anilines is 1. The van der Waals surface area contributed by atoms with Crippen molar-refractivity contribution >= 4 is 11.4 Å². The van der Waals surface area contributed by atoms with Gasteiger partial charge in [-0.05, 0) is 27.7 Å². The number of rotatable bonds is 5. The first-order valence-electron chi connectivity index (χ1n) is 9.60. The maximum atomic E-state index is 10.5. The Morgan fingerprint density at radius 1 is 1.03 bits per heavy atom. The van der Waals surface area contributed by atoms with Crippen molar-refractivity contribution in [2.45, 2.75) is 64.6 Å².